The number of nitrogens with one attached hydrogen (secondary N) is 1. The minimum Gasteiger partial charge on any atom is -0.383 e. The molecule has 8 nitrogen and oxygen atoms in total. The van der Waals surface area contributed by atoms with Gasteiger partial charge in [-0.1, -0.05) is 54.3 Å². The maximum Gasteiger partial charge on any atom is 0.257 e. The van der Waals surface area contributed by atoms with Gasteiger partial charge in [0.25, 0.3) is 5.91 Å². The molecule has 0 unspecified atom stereocenters. The number of hydrogen-bond acceptors (Lipinski definition) is 6. The van der Waals surface area contributed by atoms with E-state index in [1.54, 1.807) is 29.3 Å². The van der Waals surface area contributed by atoms with Crippen LogP contribution in [-0.4, -0.2) is 30.6 Å². The topological polar surface area (TPSA) is 112 Å². The van der Waals surface area contributed by atoms with Crippen LogP contribution in [0, 0.1) is 11.8 Å². The molecule has 1 amide bonds. The third-order valence-electron chi connectivity index (χ3n) is 6.68. The molecule has 0 spiro atoms. The molecule has 0 aliphatic carbocycles. The van der Waals surface area contributed by atoms with Crippen LogP contribution in [0.4, 0.5) is 5.82 Å². The minimum atomic E-state index is -0.400. The number of hydrogen-bond donors (Lipinski definition) is 2. The summed E-state index contributed by atoms with van der Waals surface area (Å²) in [5, 5.41) is 8.96. The van der Waals surface area contributed by atoms with Gasteiger partial charge in [0.2, 0.25) is 0 Å². The van der Waals surface area contributed by atoms with E-state index in [0.29, 0.717) is 5.52 Å². The first-order chi connectivity index (χ1) is 19.5. The van der Waals surface area contributed by atoms with Gasteiger partial charge in [-0.3, -0.25) is 14.5 Å². The van der Waals surface area contributed by atoms with Crippen molar-refractivity contribution in [2.24, 2.45) is 7.05 Å². The van der Waals surface area contributed by atoms with Gasteiger partial charge >= 0.3 is 0 Å². The van der Waals surface area contributed by atoms with Crippen LogP contribution in [0.25, 0.3) is 33.1 Å². The summed E-state index contributed by atoms with van der Waals surface area (Å²) in [6.45, 7) is 1.93. The fraction of sp³-hybridized carbons (Fsp3) is 0.0938. The monoisotopic (exact) mass is 523 g/mol. The lowest BCUT2D eigenvalue weighted by atomic mass is 9.97. The Morgan fingerprint density at radius 2 is 1.77 bits per heavy atom. The number of rotatable bonds is 4. The zero-order valence-corrected chi connectivity index (χ0v) is 22.0. The number of benzene rings is 2. The first-order valence-corrected chi connectivity index (χ1v) is 12.8. The van der Waals surface area contributed by atoms with Crippen LogP contribution < -0.4 is 11.1 Å². The molecule has 0 bridgehead atoms. The fourth-order valence-corrected chi connectivity index (χ4v) is 4.72. The molecule has 194 valence electrons. The SMILES string of the molecule is C[C@@H](NC(=O)c1c(N)ncc2cccnc12)c1cc2cccc(C#Cc3cnn(C)c3)c2nc1-c1ccccc1. The van der Waals surface area contributed by atoms with Crippen LogP contribution in [0.2, 0.25) is 0 Å². The van der Waals surface area contributed by atoms with Gasteiger partial charge in [0.05, 0.1) is 40.1 Å². The molecule has 0 fully saturated rings. The fourth-order valence-electron chi connectivity index (χ4n) is 4.72. The quantitative estimate of drug-likeness (QED) is 0.313. The lowest BCUT2D eigenvalue weighted by Gasteiger charge is -2.20. The van der Waals surface area contributed by atoms with E-state index in [4.69, 9.17) is 10.7 Å². The number of amides is 1. The van der Waals surface area contributed by atoms with Crippen molar-refractivity contribution < 1.29 is 4.79 Å². The van der Waals surface area contributed by atoms with Crippen LogP contribution in [0.1, 0.15) is 40.0 Å². The largest absolute Gasteiger partial charge is 0.383 e. The van der Waals surface area contributed by atoms with Crippen LogP contribution in [0.15, 0.2) is 91.5 Å². The second-order valence-electron chi connectivity index (χ2n) is 9.48. The van der Waals surface area contributed by atoms with E-state index in [1.165, 1.54) is 0 Å². The molecule has 0 saturated carbocycles. The summed E-state index contributed by atoms with van der Waals surface area (Å²) in [5.74, 6) is 6.22. The van der Waals surface area contributed by atoms with Crippen molar-refractivity contribution in [2.75, 3.05) is 5.73 Å². The molecule has 1 atom stereocenters. The molecule has 0 radical (unpaired) electrons. The number of aryl methyl sites for hydroxylation is 1. The van der Waals surface area contributed by atoms with Crippen LogP contribution in [0.3, 0.4) is 0 Å². The Morgan fingerprint density at radius 1 is 0.950 bits per heavy atom. The zero-order valence-electron chi connectivity index (χ0n) is 22.0. The smallest absolute Gasteiger partial charge is 0.257 e. The molecule has 0 aliphatic heterocycles. The molecule has 0 aliphatic rings. The number of aromatic nitrogens is 5. The van der Waals surface area contributed by atoms with Crippen molar-refractivity contribution in [3.05, 3.63) is 114 Å². The summed E-state index contributed by atoms with van der Waals surface area (Å²) < 4.78 is 1.72. The van der Waals surface area contributed by atoms with Crippen LogP contribution >= 0.6 is 0 Å². The number of para-hydroxylation sites is 1. The van der Waals surface area contributed by atoms with Gasteiger partial charge in [-0.15, -0.1) is 0 Å². The molecular formula is C32H25N7O. The number of nitrogens with two attached hydrogens (primary N) is 1. The first kappa shape index (κ1) is 24.8. The highest BCUT2D eigenvalue weighted by Gasteiger charge is 2.22. The second-order valence-corrected chi connectivity index (χ2v) is 9.48. The standard InChI is InChI=1S/C32H25N7O/c1-20(37-32(40)27-30-25(12-7-15-34-30)18-35-31(27)33)26-16-24-11-6-10-23(14-13-21-17-36-39(2)19-21)28(24)38-29(26)22-8-4-3-5-9-22/h3-12,15-20H,1-2H3,(H2,33,35)(H,37,40)/t20-/m1/s1. The summed E-state index contributed by atoms with van der Waals surface area (Å²) in [4.78, 5) is 27.2. The van der Waals surface area contributed by atoms with Crippen molar-refractivity contribution in [1.82, 2.24) is 30.0 Å². The van der Waals surface area contributed by atoms with Crippen molar-refractivity contribution in [1.29, 1.82) is 0 Å². The third kappa shape index (κ3) is 4.72. The molecule has 4 aromatic heterocycles. The molecule has 6 aromatic rings. The Labute approximate surface area is 230 Å². The average molecular weight is 524 g/mol. The van der Waals surface area contributed by atoms with Crippen molar-refractivity contribution in [3.8, 4) is 23.1 Å². The summed E-state index contributed by atoms with van der Waals surface area (Å²) in [6, 6.07) is 21.1. The Morgan fingerprint density at radius 3 is 2.58 bits per heavy atom. The van der Waals surface area contributed by atoms with Crippen molar-refractivity contribution in [3.63, 3.8) is 0 Å². The van der Waals surface area contributed by atoms with E-state index < -0.39 is 6.04 Å². The summed E-state index contributed by atoms with van der Waals surface area (Å²) in [7, 11) is 1.86. The molecular weight excluding hydrogens is 498 g/mol. The van der Waals surface area contributed by atoms with Crippen molar-refractivity contribution >= 4 is 33.5 Å². The predicted molar refractivity (Wildman–Crippen MR) is 156 cm³/mol. The third-order valence-corrected chi connectivity index (χ3v) is 6.68. The number of nitrogen functional groups attached to an aromatic ring is 1. The molecule has 8 heteroatoms. The molecule has 3 N–H and O–H groups in total. The van der Waals surface area contributed by atoms with E-state index in [-0.39, 0.29) is 17.3 Å². The lowest BCUT2D eigenvalue weighted by Crippen LogP contribution is -2.28. The van der Waals surface area contributed by atoms with E-state index in [1.807, 2.05) is 74.8 Å². The molecule has 4 heterocycles. The summed E-state index contributed by atoms with van der Waals surface area (Å²) in [6.07, 6.45) is 6.86. The predicted octanol–water partition coefficient (Wildman–Crippen LogP) is 5.05. The number of anilines is 1. The van der Waals surface area contributed by atoms with Gasteiger partial charge < -0.3 is 11.1 Å². The summed E-state index contributed by atoms with van der Waals surface area (Å²) >= 11 is 0. The van der Waals surface area contributed by atoms with Gasteiger partial charge in [0.1, 0.15) is 11.4 Å². The number of nitrogens with zero attached hydrogens (tertiary/aromatic N) is 5. The number of pyridine rings is 3. The van der Waals surface area contributed by atoms with Gasteiger partial charge in [-0.05, 0) is 31.2 Å². The second kappa shape index (κ2) is 10.3. The average Bonchev–Trinajstić information content (AvgIpc) is 3.40. The maximum atomic E-state index is 13.5. The van der Waals surface area contributed by atoms with E-state index in [0.717, 1.165) is 44.2 Å². The highest BCUT2D eigenvalue weighted by molar-refractivity contribution is 6.09. The van der Waals surface area contributed by atoms with Gasteiger partial charge in [0, 0.05) is 47.5 Å². The number of carbonyl (C=O) groups is 1. The maximum absolute atomic E-state index is 13.5. The van der Waals surface area contributed by atoms with Crippen LogP contribution in [-0.2, 0) is 7.05 Å². The highest BCUT2D eigenvalue weighted by atomic mass is 16.1. The Balaban J connectivity index is 1.44. The van der Waals surface area contributed by atoms with E-state index in [9.17, 15) is 4.79 Å². The Bertz CT molecular complexity index is 1950. The van der Waals surface area contributed by atoms with Crippen LogP contribution in [0.5, 0.6) is 0 Å². The highest BCUT2D eigenvalue weighted by Crippen LogP contribution is 2.31. The zero-order chi connectivity index (χ0) is 27.6. The Kier molecular flexibility index (Phi) is 6.38. The Hall–Kier alpha value is -5.55. The molecule has 0 saturated heterocycles. The van der Waals surface area contributed by atoms with E-state index >= 15 is 0 Å². The van der Waals surface area contributed by atoms with Crippen molar-refractivity contribution in [2.45, 2.75) is 13.0 Å². The summed E-state index contributed by atoms with van der Waals surface area (Å²) in [5.41, 5.74) is 11.9. The molecule has 2 aromatic carbocycles. The number of fused-ring (bicyclic) bond motifs is 2. The van der Waals surface area contributed by atoms with Gasteiger partial charge in [0.15, 0.2) is 0 Å². The number of carbonyl (C=O) groups excluding carboxylic acids is 1. The molecule has 40 heavy (non-hydrogen) atoms. The normalized spacial score (nSPS) is 11.7. The lowest BCUT2D eigenvalue weighted by molar-refractivity contribution is 0.0942. The minimum absolute atomic E-state index is 0.132. The van der Waals surface area contributed by atoms with Gasteiger partial charge in [-0.2, -0.15) is 5.10 Å². The first-order valence-electron chi connectivity index (χ1n) is 12.8. The van der Waals surface area contributed by atoms with E-state index in [2.05, 4.69) is 38.3 Å². The van der Waals surface area contributed by atoms with Gasteiger partial charge in [-0.25, -0.2) is 9.97 Å². The molecule has 6 rings (SSSR count).